The van der Waals surface area contributed by atoms with Crippen molar-refractivity contribution in [2.45, 2.75) is 19.9 Å². The first-order valence-electron chi connectivity index (χ1n) is 5.32. The Kier molecular flexibility index (Phi) is 4.91. The van der Waals surface area contributed by atoms with Crippen LogP contribution in [0, 0.1) is 0 Å². The molecule has 1 heterocycles. The number of aromatic nitrogens is 1. The summed E-state index contributed by atoms with van der Waals surface area (Å²) >= 11 is 5.84. The van der Waals surface area contributed by atoms with Gasteiger partial charge in [-0.25, -0.2) is 9.78 Å². The number of hydrogen-bond acceptors (Lipinski definition) is 4. The van der Waals surface area contributed by atoms with Crippen LogP contribution in [0.1, 0.15) is 24.2 Å². The number of halogens is 1. The van der Waals surface area contributed by atoms with E-state index in [-0.39, 0.29) is 34.9 Å². The average Bonchev–Trinajstić information content (AvgIpc) is 2.26. The Morgan fingerprint density at radius 2 is 2.17 bits per heavy atom. The van der Waals surface area contributed by atoms with E-state index in [0.717, 1.165) is 0 Å². The number of rotatable bonds is 5. The lowest BCUT2D eigenvalue weighted by Gasteiger charge is -2.10. The highest BCUT2D eigenvalue weighted by Crippen LogP contribution is 2.19. The SMILES string of the molecule is CC(C)NC(=O)CNc1ncc(C(=O)O)cc1Cl. The summed E-state index contributed by atoms with van der Waals surface area (Å²) in [7, 11) is 0. The first-order valence-corrected chi connectivity index (χ1v) is 5.70. The minimum absolute atomic E-state index is 0.00261. The van der Waals surface area contributed by atoms with E-state index in [1.807, 2.05) is 13.8 Å². The summed E-state index contributed by atoms with van der Waals surface area (Å²) in [6.07, 6.45) is 1.18. The lowest BCUT2D eigenvalue weighted by Crippen LogP contribution is -2.35. The number of nitrogens with zero attached hydrogens (tertiary/aromatic N) is 1. The van der Waals surface area contributed by atoms with Gasteiger partial charge >= 0.3 is 5.97 Å². The second-order valence-electron chi connectivity index (χ2n) is 3.94. The van der Waals surface area contributed by atoms with Crippen molar-refractivity contribution in [2.24, 2.45) is 0 Å². The van der Waals surface area contributed by atoms with Gasteiger partial charge in [-0.15, -0.1) is 0 Å². The summed E-state index contributed by atoms with van der Waals surface area (Å²) in [5.41, 5.74) is -0.00261. The summed E-state index contributed by atoms with van der Waals surface area (Å²) in [4.78, 5) is 25.9. The molecule has 7 heteroatoms. The molecule has 1 aromatic rings. The van der Waals surface area contributed by atoms with Gasteiger partial charge in [0.25, 0.3) is 0 Å². The molecule has 3 N–H and O–H groups in total. The number of carboxylic acid groups (broad SMARTS) is 1. The molecule has 1 rings (SSSR count). The summed E-state index contributed by atoms with van der Waals surface area (Å²) < 4.78 is 0. The van der Waals surface area contributed by atoms with Crippen LogP contribution in [0.5, 0.6) is 0 Å². The summed E-state index contributed by atoms with van der Waals surface area (Å²) in [6, 6.07) is 1.33. The van der Waals surface area contributed by atoms with Crippen molar-refractivity contribution in [3.63, 3.8) is 0 Å². The number of carbonyl (C=O) groups is 2. The zero-order valence-corrected chi connectivity index (χ0v) is 10.8. The molecule has 18 heavy (non-hydrogen) atoms. The molecule has 0 radical (unpaired) electrons. The van der Waals surface area contributed by atoms with Crippen LogP contribution >= 0.6 is 11.6 Å². The Morgan fingerprint density at radius 1 is 1.50 bits per heavy atom. The normalized spacial score (nSPS) is 10.2. The Hall–Kier alpha value is -1.82. The Bertz CT molecular complexity index is 463. The van der Waals surface area contributed by atoms with Crippen LogP contribution in [-0.2, 0) is 4.79 Å². The molecule has 0 fully saturated rings. The molecule has 0 aromatic carbocycles. The predicted molar refractivity (Wildman–Crippen MR) is 68.0 cm³/mol. The number of anilines is 1. The third-order valence-electron chi connectivity index (χ3n) is 1.95. The van der Waals surface area contributed by atoms with E-state index in [9.17, 15) is 9.59 Å². The van der Waals surface area contributed by atoms with E-state index < -0.39 is 5.97 Å². The second kappa shape index (κ2) is 6.20. The predicted octanol–water partition coefficient (Wildman–Crippen LogP) is 1.37. The van der Waals surface area contributed by atoms with Gasteiger partial charge in [0.15, 0.2) is 0 Å². The van der Waals surface area contributed by atoms with Crippen LogP contribution in [0.2, 0.25) is 5.02 Å². The highest BCUT2D eigenvalue weighted by molar-refractivity contribution is 6.33. The molecule has 0 atom stereocenters. The van der Waals surface area contributed by atoms with Gasteiger partial charge in [-0.1, -0.05) is 11.6 Å². The smallest absolute Gasteiger partial charge is 0.337 e. The van der Waals surface area contributed by atoms with Crippen molar-refractivity contribution in [3.05, 3.63) is 22.8 Å². The van der Waals surface area contributed by atoms with Crippen molar-refractivity contribution in [1.82, 2.24) is 10.3 Å². The number of pyridine rings is 1. The summed E-state index contributed by atoms with van der Waals surface area (Å²) in [5, 5.41) is 14.3. The van der Waals surface area contributed by atoms with E-state index in [4.69, 9.17) is 16.7 Å². The van der Waals surface area contributed by atoms with Crippen LogP contribution in [0.15, 0.2) is 12.3 Å². The monoisotopic (exact) mass is 271 g/mol. The van der Waals surface area contributed by atoms with Crippen molar-refractivity contribution >= 4 is 29.3 Å². The first kappa shape index (κ1) is 14.2. The van der Waals surface area contributed by atoms with Gasteiger partial charge in [-0.05, 0) is 19.9 Å². The van der Waals surface area contributed by atoms with Gasteiger partial charge in [0.2, 0.25) is 5.91 Å². The fourth-order valence-corrected chi connectivity index (χ4v) is 1.46. The Balaban J connectivity index is 2.63. The van der Waals surface area contributed by atoms with Gasteiger partial charge in [0.05, 0.1) is 17.1 Å². The number of amides is 1. The highest BCUT2D eigenvalue weighted by Gasteiger charge is 2.09. The fraction of sp³-hybridized carbons (Fsp3) is 0.364. The molecular formula is C11H14ClN3O3. The van der Waals surface area contributed by atoms with E-state index in [2.05, 4.69) is 15.6 Å². The molecule has 1 amide bonds. The Morgan fingerprint density at radius 3 is 2.67 bits per heavy atom. The number of nitrogens with one attached hydrogen (secondary N) is 2. The van der Waals surface area contributed by atoms with Gasteiger partial charge in [-0.2, -0.15) is 0 Å². The minimum atomic E-state index is -1.10. The van der Waals surface area contributed by atoms with E-state index in [1.165, 1.54) is 12.3 Å². The van der Waals surface area contributed by atoms with E-state index in [1.54, 1.807) is 0 Å². The molecule has 98 valence electrons. The maximum Gasteiger partial charge on any atom is 0.337 e. The molecule has 0 aliphatic heterocycles. The van der Waals surface area contributed by atoms with Crippen molar-refractivity contribution in [1.29, 1.82) is 0 Å². The number of hydrogen-bond donors (Lipinski definition) is 3. The summed E-state index contributed by atoms with van der Waals surface area (Å²) in [6.45, 7) is 3.73. The molecular weight excluding hydrogens is 258 g/mol. The Labute approximate surface area is 109 Å². The molecule has 0 aliphatic carbocycles. The molecule has 0 saturated heterocycles. The molecule has 1 aromatic heterocycles. The molecule has 0 unspecified atom stereocenters. The third-order valence-corrected chi connectivity index (χ3v) is 2.24. The summed E-state index contributed by atoms with van der Waals surface area (Å²) in [5.74, 6) is -1.01. The molecule has 0 saturated carbocycles. The van der Waals surface area contributed by atoms with Crippen LogP contribution in [0.25, 0.3) is 0 Å². The van der Waals surface area contributed by atoms with Gasteiger partial charge in [-0.3, -0.25) is 4.79 Å². The maximum atomic E-state index is 11.4. The minimum Gasteiger partial charge on any atom is -0.478 e. The van der Waals surface area contributed by atoms with Crippen LogP contribution in [0.3, 0.4) is 0 Å². The van der Waals surface area contributed by atoms with Crippen LogP contribution in [-0.4, -0.2) is 34.6 Å². The highest BCUT2D eigenvalue weighted by atomic mass is 35.5. The van der Waals surface area contributed by atoms with Crippen LogP contribution in [0.4, 0.5) is 5.82 Å². The van der Waals surface area contributed by atoms with Gasteiger partial charge in [0, 0.05) is 12.2 Å². The molecule has 0 spiro atoms. The zero-order chi connectivity index (χ0) is 13.7. The number of carboxylic acids is 1. The van der Waals surface area contributed by atoms with Crippen molar-refractivity contribution in [2.75, 3.05) is 11.9 Å². The third kappa shape index (κ3) is 4.21. The van der Waals surface area contributed by atoms with Gasteiger partial charge in [0.1, 0.15) is 5.82 Å². The van der Waals surface area contributed by atoms with E-state index >= 15 is 0 Å². The lowest BCUT2D eigenvalue weighted by molar-refractivity contribution is -0.119. The van der Waals surface area contributed by atoms with Crippen molar-refractivity contribution in [3.8, 4) is 0 Å². The van der Waals surface area contributed by atoms with Crippen LogP contribution < -0.4 is 10.6 Å². The standard InChI is InChI=1S/C11H14ClN3O3/c1-6(2)15-9(16)5-14-10-8(12)3-7(4-13-10)11(17)18/h3-4,6H,5H2,1-2H3,(H,13,14)(H,15,16)(H,17,18). The quantitative estimate of drug-likeness (QED) is 0.752. The zero-order valence-electron chi connectivity index (χ0n) is 10.0. The largest absolute Gasteiger partial charge is 0.478 e. The number of aromatic carboxylic acids is 1. The topological polar surface area (TPSA) is 91.3 Å². The molecule has 0 bridgehead atoms. The van der Waals surface area contributed by atoms with E-state index in [0.29, 0.717) is 0 Å². The lowest BCUT2D eigenvalue weighted by atomic mass is 10.3. The first-order chi connectivity index (χ1) is 8.40. The number of carbonyl (C=O) groups excluding carboxylic acids is 1. The average molecular weight is 272 g/mol. The van der Waals surface area contributed by atoms with Crippen molar-refractivity contribution < 1.29 is 14.7 Å². The second-order valence-corrected chi connectivity index (χ2v) is 4.34. The molecule has 6 nitrogen and oxygen atoms in total. The molecule has 0 aliphatic rings. The fourth-order valence-electron chi connectivity index (χ4n) is 1.22. The maximum absolute atomic E-state index is 11.4. The van der Waals surface area contributed by atoms with Gasteiger partial charge < -0.3 is 15.7 Å².